The fraction of sp³-hybridized carbons (Fsp3) is 0.345. The van der Waals surface area contributed by atoms with Crippen molar-refractivity contribution in [3.63, 3.8) is 0 Å². The number of nitrogens with zero attached hydrogens (tertiary/aromatic N) is 1. The molecule has 7 heteroatoms. The standard InChI is InChI=1S/C29H34N2O4S/c1-22-12-14-26(15-13-22)36(33,34)31(27-11-7-8-23(2)24(27)3)20-28(32)30-21-29(16-18-35-19-17-29)25-9-5-4-6-10-25/h4-15H,16-21H2,1-3H3,(H,30,32). The van der Waals surface area contributed by atoms with Crippen LogP contribution in [-0.2, 0) is 25.0 Å². The molecule has 36 heavy (non-hydrogen) atoms. The maximum atomic E-state index is 13.8. The molecule has 6 nitrogen and oxygen atoms in total. The van der Waals surface area contributed by atoms with Gasteiger partial charge in [-0.25, -0.2) is 8.42 Å². The summed E-state index contributed by atoms with van der Waals surface area (Å²) in [7, 11) is -3.96. The molecule has 1 saturated heterocycles. The molecule has 0 unspecified atom stereocenters. The normalized spacial score (nSPS) is 15.3. The van der Waals surface area contributed by atoms with Crippen LogP contribution in [0.1, 0.15) is 35.1 Å². The molecule has 0 spiro atoms. The summed E-state index contributed by atoms with van der Waals surface area (Å²) < 4.78 is 34.4. The number of nitrogens with one attached hydrogen (secondary N) is 1. The second-order valence-electron chi connectivity index (χ2n) is 9.58. The summed E-state index contributed by atoms with van der Waals surface area (Å²) in [4.78, 5) is 13.5. The Balaban J connectivity index is 1.62. The molecule has 3 aromatic rings. The molecule has 0 aliphatic carbocycles. The topological polar surface area (TPSA) is 75.7 Å². The number of aryl methyl sites for hydroxylation is 2. The fourth-order valence-electron chi connectivity index (χ4n) is 4.72. The molecule has 1 aliphatic heterocycles. The Hall–Kier alpha value is -3.16. The van der Waals surface area contributed by atoms with E-state index in [9.17, 15) is 13.2 Å². The van der Waals surface area contributed by atoms with Gasteiger partial charge in [-0.1, -0.05) is 60.2 Å². The number of carbonyl (C=O) groups is 1. The predicted octanol–water partition coefficient (Wildman–Crippen LogP) is 4.67. The third-order valence-corrected chi connectivity index (χ3v) is 8.97. The Kier molecular flexibility index (Phi) is 7.81. The van der Waals surface area contributed by atoms with Crippen LogP contribution in [0, 0.1) is 20.8 Å². The average molecular weight is 507 g/mol. The van der Waals surface area contributed by atoms with Gasteiger partial charge >= 0.3 is 0 Å². The van der Waals surface area contributed by atoms with Crippen LogP contribution in [-0.4, -0.2) is 40.6 Å². The summed E-state index contributed by atoms with van der Waals surface area (Å²) in [5.74, 6) is -0.339. The van der Waals surface area contributed by atoms with E-state index in [1.807, 2.05) is 51.1 Å². The first-order valence-electron chi connectivity index (χ1n) is 12.3. The van der Waals surface area contributed by atoms with Crippen molar-refractivity contribution in [3.05, 3.63) is 95.1 Å². The van der Waals surface area contributed by atoms with Crippen molar-refractivity contribution in [1.29, 1.82) is 0 Å². The van der Waals surface area contributed by atoms with Gasteiger partial charge in [-0.05, 0) is 68.5 Å². The van der Waals surface area contributed by atoms with E-state index >= 15 is 0 Å². The fourth-order valence-corrected chi connectivity index (χ4v) is 6.20. The van der Waals surface area contributed by atoms with Gasteiger partial charge in [0, 0.05) is 25.2 Å². The third kappa shape index (κ3) is 5.47. The van der Waals surface area contributed by atoms with Crippen LogP contribution in [0.15, 0.2) is 77.7 Å². The molecule has 0 radical (unpaired) electrons. The highest BCUT2D eigenvalue weighted by Gasteiger charge is 2.35. The third-order valence-electron chi connectivity index (χ3n) is 7.20. The quantitative estimate of drug-likeness (QED) is 0.482. The zero-order valence-electron chi connectivity index (χ0n) is 21.2. The van der Waals surface area contributed by atoms with Crippen molar-refractivity contribution in [1.82, 2.24) is 5.32 Å². The first kappa shape index (κ1) is 25.9. The van der Waals surface area contributed by atoms with Gasteiger partial charge in [-0.15, -0.1) is 0 Å². The lowest BCUT2D eigenvalue weighted by Crippen LogP contribution is -2.48. The van der Waals surface area contributed by atoms with Crippen molar-refractivity contribution in [2.24, 2.45) is 0 Å². The number of hydrogen-bond donors (Lipinski definition) is 1. The van der Waals surface area contributed by atoms with E-state index in [-0.39, 0.29) is 22.8 Å². The monoisotopic (exact) mass is 506 g/mol. The lowest BCUT2D eigenvalue weighted by molar-refractivity contribution is -0.120. The summed E-state index contributed by atoms with van der Waals surface area (Å²) >= 11 is 0. The molecule has 1 amide bonds. The Labute approximate surface area is 214 Å². The molecule has 1 aliphatic rings. The van der Waals surface area contributed by atoms with E-state index in [2.05, 4.69) is 17.4 Å². The molecule has 1 N–H and O–H groups in total. The number of benzene rings is 3. The van der Waals surface area contributed by atoms with Gasteiger partial charge < -0.3 is 10.1 Å². The van der Waals surface area contributed by atoms with Gasteiger partial charge in [-0.2, -0.15) is 0 Å². The second kappa shape index (κ2) is 10.8. The molecule has 0 atom stereocenters. The van der Waals surface area contributed by atoms with Crippen molar-refractivity contribution < 1.29 is 17.9 Å². The van der Waals surface area contributed by atoms with Gasteiger partial charge in [0.2, 0.25) is 5.91 Å². The van der Waals surface area contributed by atoms with Gasteiger partial charge in [0.25, 0.3) is 10.0 Å². The Morgan fingerprint density at radius 3 is 2.25 bits per heavy atom. The summed E-state index contributed by atoms with van der Waals surface area (Å²) in [6.07, 6.45) is 1.58. The highest BCUT2D eigenvalue weighted by atomic mass is 32.2. The Morgan fingerprint density at radius 2 is 1.58 bits per heavy atom. The number of ether oxygens (including phenoxy) is 1. The molecule has 0 saturated carbocycles. The molecule has 0 aromatic heterocycles. The molecule has 4 rings (SSSR count). The highest BCUT2D eigenvalue weighted by molar-refractivity contribution is 7.92. The summed E-state index contributed by atoms with van der Waals surface area (Å²) in [5.41, 5.74) is 4.18. The van der Waals surface area contributed by atoms with Gasteiger partial charge in [0.1, 0.15) is 6.54 Å². The van der Waals surface area contributed by atoms with E-state index < -0.39 is 10.0 Å². The molecule has 1 heterocycles. The lowest BCUT2D eigenvalue weighted by Gasteiger charge is -2.38. The predicted molar refractivity (Wildman–Crippen MR) is 143 cm³/mol. The van der Waals surface area contributed by atoms with Crippen LogP contribution in [0.2, 0.25) is 0 Å². The first-order chi connectivity index (χ1) is 17.2. The Bertz CT molecular complexity index is 1300. The molecular formula is C29H34N2O4S. The van der Waals surface area contributed by atoms with Crippen molar-refractivity contribution in [3.8, 4) is 0 Å². The number of rotatable bonds is 8. The molecule has 190 valence electrons. The first-order valence-corrected chi connectivity index (χ1v) is 13.7. The summed E-state index contributed by atoms with van der Waals surface area (Å²) in [6, 6.07) is 22.4. The molecule has 3 aromatic carbocycles. The van der Waals surface area contributed by atoms with Crippen LogP contribution in [0.4, 0.5) is 5.69 Å². The summed E-state index contributed by atoms with van der Waals surface area (Å²) in [5, 5.41) is 3.06. The molecular weight excluding hydrogens is 472 g/mol. The van der Waals surface area contributed by atoms with E-state index in [1.54, 1.807) is 30.3 Å². The van der Waals surface area contributed by atoms with Crippen LogP contribution in [0.3, 0.4) is 0 Å². The maximum absolute atomic E-state index is 13.8. The van der Waals surface area contributed by atoms with Crippen LogP contribution in [0.25, 0.3) is 0 Å². The number of anilines is 1. The number of amides is 1. The van der Waals surface area contributed by atoms with Crippen molar-refractivity contribution >= 4 is 21.6 Å². The largest absolute Gasteiger partial charge is 0.381 e. The van der Waals surface area contributed by atoms with Gasteiger partial charge in [-0.3, -0.25) is 9.10 Å². The summed E-state index contributed by atoms with van der Waals surface area (Å²) in [6.45, 7) is 7.09. The minimum Gasteiger partial charge on any atom is -0.381 e. The number of hydrogen-bond acceptors (Lipinski definition) is 4. The van der Waals surface area contributed by atoms with Crippen molar-refractivity contribution in [2.45, 2.75) is 43.9 Å². The van der Waals surface area contributed by atoms with E-state index in [0.29, 0.717) is 25.4 Å². The van der Waals surface area contributed by atoms with E-state index in [4.69, 9.17) is 4.74 Å². The van der Waals surface area contributed by atoms with E-state index in [1.165, 1.54) is 4.31 Å². The van der Waals surface area contributed by atoms with Crippen molar-refractivity contribution in [2.75, 3.05) is 30.6 Å². The minimum atomic E-state index is -3.96. The SMILES string of the molecule is Cc1ccc(S(=O)(=O)N(CC(=O)NCC2(c3ccccc3)CCOCC2)c2cccc(C)c2C)cc1. The highest BCUT2D eigenvalue weighted by Crippen LogP contribution is 2.34. The second-order valence-corrected chi connectivity index (χ2v) is 11.4. The van der Waals surface area contributed by atoms with Crippen LogP contribution >= 0.6 is 0 Å². The maximum Gasteiger partial charge on any atom is 0.264 e. The smallest absolute Gasteiger partial charge is 0.264 e. The number of carbonyl (C=O) groups excluding carboxylic acids is 1. The lowest BCUT2D eigenvalue weighted by atomic mass is 9.74. The Morgan fingerprint density at radius 1 is 0.917 bits per heavy atom. The zero-order chi connectivity index (χ0) is 25.8. The van der Waals surface area contributed by atoms with Gasteiger partial charge in [0.15, 0.2) is 0 Å². The van der Waals surface area contributed by atoms with Crippen LogP contribution in [0.5, 0.6) is 0 Å². The molecule has 1 fully saturated rings. The number of sulfonamides is 1. The molecule has 0 bridgehead atoms. The van der Waals surface area contributed by atoms with E-state index in [0.717, 1.165) is 35.1 Å². The minimum absolute atomic E-state index is 0.159. The average Bonchev–Trinajstić information content (AvgIpc) is 2.89. The van der Waals surface area contributed by atoms with Crippen LogP contribution < -0.4 is 9.62 Å². The van der Waals surface area contributed by atoms with Gasteiger partial charge in [0.05, 0.1) is 10.6 Å². The zero-order valence-corrected chi connectivity index (χ0v) is 22.0.